The predicted octanol–water partition coefficient (Wildman–Crippen LogP) is 0.894. The number of hydrogen-bond donors (Lipinski definition) is 2. The van der Waals surface area contributed by atoms with Crippen LogP contribution in [0.5, 0.6) is 0 Å². The Bertz CT molecular complexity index is 639. The standard InChI is InChI=1S/C12H13FN4O.ClH/c13-8-1-2-9-10(7-8)15-12(16-11(9)18)17-5-3-14-4-6-17;/h1-2,7,14H,3-6H2,(H,15,16,18);1H. The minimum atomic E-state index is -0.383. The van der Waals surface area contributed by atoms with Crippen molar-refractivity contribution in [2.24, 2.45) is 0 Å². The van der Waals surface area contributed by atoms with Crippen LogP contribution in [0.2, 0.25) is 0 Å². The minimum Gasteiger partial charge on any atom is -0.340 e. The highest BCUT2D eigenvalue weighted by atomic mass is 35.5. The third kappa shape index (κ3) is 2.69. The van der Waals surface area contributed by atoms with E-state index in [1.54, 1.807) is 0 Å². The van der Waals surface area contributed by atoms with Crippen molar-refractivity contribution in [2.75, 3.05) is 31.1 Å². The van der Waals surface area contributed by atoms with Gasteiger partial charge in [-0.3, -0.25) is 9.78 Å². The second-order valence-electron chi connectivity index (χ2n) is 4.29. The molecule has 0 aliphatic carbocycles. The summed E-state index contributed by atoms with van der Waals surface area (Å²) < 4.78 is 13.2. The molecule has 0 radical (unpaired) electrons. The van der Waals surface area contributed by atoms with E-state index in [-0.39, 0.29) is 23.8 Å². The Balaban J connectivity index is 0.00000133. The fourth-order valence-electron chi connectivity index (χ4n) is 2.13. The van der Waals surface area contributed by atoms with Crippen molar-refractivity contribution < 1.29 is 4.39 Å². The molecule has 5 nitrogen and oxygen atoms in total. The third-order valence-electron chi connectivity index (χ3n) is 3.07. The van der Waals surface area contributed by atoms with Gasteiger partial charge in [0.25, 0.3) is 5.56 Å². The molecule has 1 fully saturated rings. The quantitative estimate of drug-likeness (QED) is 0.817. The lowest BCUT2D eigenvalue weighted by molar-refractivity contribution is 0.580. The lowest BCUT2D eigenvalue weighted by Crippen LogP contribution is -2.44. The Morgan fingerprint density at radius 2 is 2.00 bits per heavy atom. The summed E-state index contributed by atoms with van der Waals surface area (Å²) in [6.07, 6.45) is 0. The molecule has 102 valence electrons. The molecular weight excluding hydrogens is 271 g/mol. The zero-order valence-electron chi connectivity index (χ0n) is 10.1. The monoisotopic (exact) mass is 284 g/mol. The lowest BCUT2D eigenvalue weighted by atomic mass is 10.2. The molecule has 1 saturated heterocycles. The van der Waals surface area contributed by atoms with E-state index in [1.807, 2.05) is 4.90 Å². The highest BCUT2D eigenvalue weighted by Crippen LogP contribution is 2.13. The SMILES string of the molecule is Cl.O=c1[nH]c(N2CCNCC2)nc2cc(F)ccc12. The van der Waals surface area contributed by atoms with Crippen molar-refractivity contribution in [3.8, 4) is 0 Å². The Labute approximate surface area is 115 Å². The van der Waals surface area contributed by atoms with E-state index >= 15 is 0 Å². The van der Waals surface area contributed by atoms with E-state index < -0.39 is 0 Å². The number of anilines is 1. The van der Waals surface area contributed by atoms with Crippen molar-refractivity contribution in [1.82, 2.24) is 15.3 Å². The van der Waals surface area contributed by atoms with Gasteiger partial charge in [0.05, 0.1) is 10.9 Å². The molecule has 0 bridgehead atoms. The summed E-state index contributed by atoms with van der Waals surface area (Å²) in [5.41, 5.74) is 0.167. The van der Waals surface area contributed by atoms with Crippen LogP contribution in [0.25, 0.3) is 10.9 Å². The van der Waals surface area contributed by atoms with Crippen LogP contribution in [0.3, 0.4) is 0 Å². The van der Waals surface area contributed by atoms with Gasteiger partial charge in [-0.2, -0.15) is 0 Å². The van der Waals surface area contributed by atoms with E-state index in [4.69, 9.17) is 0 Å². The van der Waals surface area contributed by atoms with Crippen LogP contribution in [-0.2, 0) is 0 Å². The van der Waals surface area contributed by atoms with Crippen LogP contribution in [-0.4, -0.2) is 36.1 Å². The third-order valence-corrected chi connectivity index (χ3v) is 3.07. The Morgan fingerprint density at radius 3 is 2.74 bits per heavy atom. The number of H-pyrrole nitrogens is 1. The molecule has 0 saturated carbocycles. The molecule has 7 heteroatoms. The molecule has 0 spiro atoms. The van der Waals surface area contributed by atoms with E-state index in [0.717, 1.165) is 26.2 Å². The maximum absolute atomic E-state index is 13.2. The Morgan fingerprint density at radius 1 is 1.26 bits per heavy atom. The number of aromatic nitrogens is 2. The number of halogens is 2. The summed E-state index contributed by atoms with van der Waals surface area (Å²) in [7, 11) is 0. The second kappa shape index (κ2) is 5.54. The van der Waals surface area contributed by atoms with Gasteiger partial charge in [0, 0.05) is 32.2 Å². The molecule has 2 heterocycles. The van der Waals surface area contributed by atoms with Crippen LogP contribution in [0.4, 0.5) is 10.3 Å². The van der Waals surface area contributed by atoms with E-state index in [9.17, 15) is 9.18 Å². The number of piperazine rings is 1. The van der Waals surface area contributed by atoms with Gasteiger partial charge >= 0.3 is 0 Å². The van der Waals surface area contributed by atoms with E-state index in [1.165, 1.54) is 18.2 Å². The van der Waals surface area contributed by atoms with E-state index in [0.29, 0.717) is 16.9 Å². The molecule has 1 aliphatic rings. The topological polar surface area (TPSA) is 61.0 Å². The predicted molar refractivity (Wildman–Crippen MR) is 74.7 cm³/mol. The van der Waals surface area contributed by atoms with Gasteiger partial charge < -0.3 is 10.2 Å². The van der Waals surface area contributed by atoms with Gasteiger partial charge in [-0.05, 0) is 12.1 Å². The molecule has 2 N–H and O–H groups in total. The molecule has 1 aromatic carbocycles. The summed E-state index contributed by atoms with van der Waals surface area (Å²) in [5, 5.41) is 3.64. The molecule has 0 atom stereocenters. The summed E-state index contributed by atoms with van der Waals surface area (Å²) >= 11 is 0. The lowest BCUT2D eigenvalue weighted by Gasteiger charge is -2.27. The van der Waals surface area contributed by atoms with Crippen LogP contribution >= 0.6 is 12.4 Å². The number of hydrogen-bond acceptors (Lipinski definition) is 4. The number of nitrogens with zero attached hydrogens (tertiary/aromatic N) is 2. The van der Waals surface area contributed by atoms with Crippen LogP contribution in [0.1, 0.15) is 0 Å². The van der Waals surface area contributed by atoms with Crippen molar-refractivity contribution in [3.63, 3.8) is 0 Å². The normalized spacial score (nSPS) is 15.3. The smallest absolute Gasteiger partial charge is 0.260 e. The van der Waals surface area contributed by atoms with Gasteiger partial charge in [0.1, 0.15) is 5.82 Å². The molecular formula is C12H14ClFN4O. The number of benzene rings is 1. The number of rotatable bonds is 1. The fourth-order valence-corrected chi connectivity index (χ4v) is 2.13. The second-order valence-corrected chi connectivity index (χ2v) is 4.29. The molecule has 19 heavy (non-hydrogen) atoms. The van der Waals surface area contributed by atoms with Crippen molar-refractivity contribution in [3.05, 3.63) is 34.4 Å². The average Bonchev–Trinajstić information content (AvgIpc) is 2.39. The Hall–Kier alpha value is -1.66. The summed E-state index contributed by atoms with van der Waals surface area (Å²) in [6.45, 7) is 3.27. The van der Waals surface area contributed by atoms with E-state index in [2.05, 4.69) is 15.3 Å². The van der Waals surface area contributed by atoms with Crippen molar-refractivity contribution in [1.29, 1.82) is 0 Å². The number of fused-ring (bicyclic) bond motifs is 1. The van der Waals surface area contributed by atoms with Gasteiger partial charge in [-0.15, -0.1) is 12.4 Å². The van der Waals surface area contributed by atoms with Crippen LogP contribution in [0, 0.1) is 5.82 Å². The first-order valence-electron chi connectivity index (χ1n) is 5.89. The van der Waals surface area contributed by atoms with Crippen molar-refractivity contribution in [2.45, 2.75) is 0 Å². The summed E-state index contributed by atoms with van der Waals surface area (Å²) in [4.78, 5) is 21.0. The molecule has 1 aromatic heterocycles. The number of nitrogens with one attached hydrogen (secondary N) is 2. The highest BCUT2D eigenvalue weighted by Gasteiger charge is 2.14. The molecule has 0 unspecified atom stereocenters. The maximum atomic E-state index is 13.2. The van der Waals surface area contributed by atoms with Gasteiger partial charge in [0.2, 0.25) is 5.95 Å². The zero-order chi connectivity index (χ0) is 12.5. The van der Waals surface area contributed by atoms with Crippen LogP contribution in [0.15, 0.2) is 23.0 Å². The van der Waals surface area contributed by atoms with Gasteiger partial charge in [-0.1, -0.05) is 0 Å². The van der Waals surface area contributed by atoms with Crippen LogP contribution < -0.4 is 15.8 Å². The first kappa shape index (κ1) is 13.8. The molecule has 3 rings (SSSR count). The Kier molecular flexibility index (Phi) is 4.01. The minimum absolute atomic E-state index is 0. The first-order chi connectivity index (χ1) is 8.74. The first-order valence-corrected chi connectivity index (χ1v) is 5.89. The fraction of sp³-hybridized carbons (Fsp3) is 0.333. The molecule has 1 aliphatic heterocycles. The highest BCUT2D eigenvalue weighted by molar-refractivity contribution is 5.85. The van der Waals surface area contributed by atoms with Crippen molar-refractivity contribution >= 4 is 29.3 Å². The molecule has 0 amide bonds. The average molecular weight is 285 g/mol. The largest absolute Gasteiger partial charge is 0.340 e. The molecule has 2 aromatic rings. The number of aromatic amines is 1. The van der Waals surface area contributed by atoms with Gasteiger partial charge in [-0.25, -0.2) is 9.37 Å². The zero-order valence-corrected chi connectivity index (χ0v) is 11.0. The van der Waals surface area contributed by atoms with Gasteiger partial charge in [0.15, 0.2) is 0 Å². The summed E-state index contributed by atoms with van der Waals surface area (Å²) in [6, 6.07) is 4.01. The maximum Gasteiger partial charge on any atom is 0.260 e. The summed E-state index contributed by atoms with van der Waals surface area (Å²) in [5.74, 6) is 0.131.